The van der Waals surface area contributed by atoms with Crippen molar-refractivity contribution in [1.29, 1.82) is 0 Å². The highest BCUT2D eigenvalue weighted by molar-refractivity contribution is 5.51. The van der Waals surface area contributed by atoms with Crippen LogP contribution in [0.5, 0.6) is 0 Å². The van der Waals surface area contributed by atoms with Crippen molar-refractivity contribution < 1.29 is 9.90 Å². The van der Waals surface area contributed by atoms with Crippen molar-refractivity contribution in [2.75, 3.05) is 0 Å². The van der Waals surface area contributed by atoms with E-state index < -0.39 is 5.60 Å². The van der Waals surface area contributed by atoms with E-state index in [0.717, 1.165) is 30.3 Å². The van der Waals surface area contributed by atoms with Crippen molar-refractivity contribution in [1.82, 2.24) is 0 Å². The lowest BCUT2D eigenvalue weighted by molar-refractivity contribution is -0.108. The fourth-order valence-corrected chi connectivity index (χ4v) is 1.82. The predicted octanol–water partition coefficient (Wildman–Crippen LogP) is 2.36. The molecule has 2 rings (SSSR count). The van der Waals surface area contributed by atoms with E-state index in [1.165, 1.54) is 0 Å². The Bertz CT molecular complexity index is 367. The molecule has 0 aliphatic heterocycles. The van der Waals surface area contributed by atoms with Crippen LogP contribution in [-0.2, 0) is 10.4 Å². The highest BCUT2D eigenvalue weighted by atomic mass is 16.3. The van der Waals surface area contributed by atoms with Gasteiger partial charge in [0.15, 0.2) is 0 Å². The van der Waals surface area contributed by atoms with Crippen LogP contribution in [0.4, 0.5) is 0 Å². The molecule has 1 N–H and O–H groups in total. The molecular formula is C13H16O2. The Balaban J connectivity index is 2.22. The summed E-state index contributed by atoms with van der Waals surface area (Å²) in [4.78, 5) is 10.4. The lowest BCUT2D eigenvalue weighted by Gasteiger charge is -2.13. The summed E-state index contributed by atoms with van der Waals surface area (Å²) in [6.07, 6.45) is 3.21. The van der Waals surface area contributed by atoms with Gasteiger partial charge in [-0.15, -0.1) is 0 Å². The number of hydrogen-bond donors (Lipinski definition) is 1. The number of aldehydes is 1. The Morgan fingerprint density at radius 3 is 2.87 bits per heavy atom. The Morgan fingerprint density at radius 1 is 1.53 bits per heavy atom. The summed E-state index contributed by atoms with van der Waals surface area (Å²) in [5.74, 6) is 0.241. The molecule has 80 valence electrons. The molecule has 0 amide bonds. The van der Waals surface area contributed by atoms with E-state index in [1.807, 2.05) is 31.2 Å². The summed E-state index contributed by atoms with van der Waals surface area (Å²) in [6.45, 7) is 2.03. The standard InChI is InChI=1S/C13H16O2/c1-10(5-8-14)11-3-2-4-12(9-11)13(15)6-7-13/h2-4,8-10,15H,5-7H2,1H3. The zero-order chi connectivity index (χ0) is 10.9. The molecule has 2 heteroatoms. The van der Waals surface area contributed by atoms with E-state index >= 15 is 0 Å². The molecule has 0 saturated heterocycles. The Morgan fingerprint density at radius 2 is 2.27 bits per heavy atom. The second-order valence-electron chi connectivity index (χ2n) is 4.46. The molecule has 1 atom stereocenters. The molecule has 1 aromatic carbocycles. The Kier molecular flexibility index (Phi) is 2.61. The maximum atomic E-state index is 10.4. The minimum atomic E-state index is -0.573. The van der Waals surface area contributed by atoms with Crippen LogP contribution < -0.4 is 0 Å². The zero-order valence-electron chi connectivity index (χ0n) is 8.94. The minimum absolute atomic E-state index is 0.241. The summed E-state index contributed by atoms with van der Waals surface area (Å²) in [7, 11) is 0. The smallest absolute Gasteiger partial charge is 0.120 e. The molecule has 1 fully saturated rings. The molecule has 1 aliphatic carbocycles. The predicted molar refractivity (Wildman–Crippen MR) is 58.7 cm³/mol. The van der Waals surface area contributed by atoms with Gasteiger partial charge in [0, 0.05) is 6.42 Å². The van der Waals surface area contributed by atoms with Gasteiger partial charge in [-0.1, -0.05) is 31.2 Å². The first kappa shape index (κ1) is 10.4. The molecular weight excluding hydrogens is 188 g/mol. The molecule has 0 radical (unpaired) electrons. The third-order valence-electron chi connectivity index (χ3n) is 3.17. The zero-order valence-corrected chi connectivity index (χ0v) is 8.94. The molecule has 15 heavy (non-hydrogen) atoms. The van der Waals surface area contributed by atoms with E-state index in [9.17, 15) is 9.90 Å². The Hall–Kier alpha value is -1.15. The maximum Gasteiger partial charge on any atom is 0.120 e. The Labute approximate surface area is 89.9 Å². The van der Waals surface area contributed by atoms with Crippen LogP contribution in [0, 0.1) is 0 Å². The number of aliphatic hydroxyl groups is 1. The van der Waals surface area contributed by atoms with Gasteiger partial charge >= 0.3 is 0 Å². The van der Waals surface area contributed by atoms with Gasteiger partial charge < -0.3 is 9.90 Å². The summed E-state index contributed by atoms with van der Waals surface area (Å²) in [6, 6.07) is 7.97. The molecule has 1 aromatic rings. The molecule has 1 unspecified atom stereocenters. The number of carbonyl (C=O) groups is 1. The highest BCUT2D eigenvalue weighted by Gasteiger charge is 2.42. The van der Waals surface area contributed by atoms with Crippen LogP contribution in [0.2, 0.25) is 0 Å². The van der Waals surface area contributed by atoms with Gasteiger partial charge in [-0.05, 0) is 29.9 Å². The second kappa shape index (κ2) is 3.78. The lowest BCUT2D eigenvalue weighted by atomic mass is 9.95. The molecule has 1 aliphatic rings. The van der Waals surface area contributed by atoms with E-state index in [-0.39, 0.29) is 5.92 Å². The van der Waals surface area contributed by atoms with Crippen LogP contribution in [0.15, 0.2) is 24.3 Å². The molecule has 1 saturated carbocycles. The topological polar surface area (TPSA) is 37.3 Å². The first-order chi connectivity index (χ1) is 7.15. The van der Waals surface area contributed by atoms with Crippen molar-refractivity contribution in [2.24, 2.45) is 0 Å². The normalized spacial score (nSPS) is 19.6. The van der Waals surface area contributed by atoms with E-state index in [1.54, 1.807) is 0 Å². The van der Waals surface area contributed by atoms with Crippen LogP contribution in [0.1, 0.15) is 43.2 Å². The first-order valence-electron chi connectivity index (χ1n) is 5.42. The van der Waals surface area contributed by atoms with E-state index in [2.05, 4.69) is 0 Å². The summed E-state index contributed by atoms with van der Waals surface area (Å²) in [5, 5.41) is 9.97. The van der Waals surface area contributed by atoms with Crippen molar-refractivity contribution >= 4 is 6.29 Å². The van der Waals surface area contributed by atoms with Gasteiger partial charge in [0.1, 0.15) is 6.29 Å². The van der Waals surface area contributed by atoms with E-state index in [4.69, 9.17) is 0 Å². The largest absolute Gasteiger partial charge is 0.385 e. The average Bonchev–Trinajstić information content (AvgIpc) is 2.99. The number of hydrogen-bond acceptors (Lipinski definition) is 2. The van der Waals surface area contributed by atoms with Crippen molar-refractivity contribution in [3.8, 4) is 0 Å². The molecule has 0 aromatic heterocycles. The van der Waals surface area contributed by atoms with Crippen molar-refractivity contribution in [3.63, 3.8) is 0 Å². The van der Waals surface area contributed by atoms with Crippen LogP contribution in [-0.4, -0.2) is 11.4 Å². The van der Waals surface area contributed by atoms with Crippen molar-refractivity contribution in [3.05, 3.63) is 35.4 Å². The van der Waals surface area contributed by atoms with Gasteiger partial charge in [0.25, 0.3) is 0 Å². The van der Waals surface area contributed by atoms with Gasteiger partial charge in [0.05, 0.1) is 5.60 Å². The first-order valence-corrected chi connectivity index (χ1v) is 5.42. The monoisotopic (exact) mass is 204 g/mol. The molecule has 2 nitrogen and oxygen atoms in total. The highest BCUT2D eigenvalue weighted by Crippen LogP contribution is 2.45. The van der Waals surface area contributed by atoms with Crippen molar-refractivity contribution in [2.45, 2.75) is 37.7 Å². The third kappa shape index (κ3) is 2.10. The average molecular weight is 204 g/mol. The summed E-state index contributed by atoms with van der Waals surface area (Å²) >= 11 is 0. The number of rotatable bonds is 4. The van der Waals surface area contributed by atoms with Gasteiger partial charge in [-0.25, -0.2) is 0 Å². The minimum Gasteiger partial charge on any atom is -0.385 e. The molecule has 0 heterocycles. The number of carbonyl (C=O) groups excluding carboxylic acids is 1. The number of benzene rings is 1. The SMILES string of the molecule is CC(CC=O)c1cccc(C2(O)CC2)c1. The maximum absolute atomic E-state index is 10.4. The summed E-state index contributed by atoms with van der Waals surface area (Å²) in [5.41, 5.74) is 1.56. The van der Waals surface area contributed by atoms with Gasteiger partial charge in [-0.2, -0.15) is 0 Å². The van der Waals surface area contributed by atoms with Crippen LogP contribution >= 0.6 is 0 Å². The van der Waals surface area contributed by atoms with Crippen LogP contribution in [0.25, 0.3) is 0 Å². The molecule has 0 spiro atoms. The van der Waals surface area contributed by atoms with E-state index in [0.29, 0.717) is 6.42 Å². The fourth-order valence-electron chi connectivity index (χ4n) is 1.82. The second-order valence-corrected chi connectivity index (χ2v) is 4.46. The quantitative estimate of drug-likeness (QED) is 0.764. The van der Waals surface area contributed by atoms with Gasteiger partial charge in [0.2, 0.25) is 0 Å². The third-order valence-corrected chi connectivity index (χ3v) is 3.17. The lowest BCUT2D eigenvalue weighted by Crippen LogP contribution is -2.05. The van der Waals surface area contributed by atoms with Crippen LogP contribution in [0.3, 0.4) is 0 Å². The van der Waals surface area contributed by atoms with Gasteiger partial charge in [-0.3, -0.25) is 0 Å². The molecule has 0 bridgehead atoms. The summed E-state index contributed by atoms with van der Waals surface area (Å²) < 4.78 is 0. The fraction of sp³-hybridized carbons (Fsp3) is 0.462.